The highest BCUT2D eigenvalue weighted by Gasteiger charge is 2.12. The van der Waals surface area contributed by atoms with Crippen LogP contribution < -0.4 is 5.32 Å². The molecule has 0 amide bonds. The average Bonchev–Trinajstić information content (AvgIpc) is 2.29. The summed E-state index contributed by atoms with van der Waals surface area (Å²) in [6.45, 7) is 2.38. The lowest BCUT2D eigenvalue weighted by Gasteiger charge is -2.21. The monoisotopic (exact) mass is 244 g/mol. The topological polar surface area (TPSA) is 24.9 Å². The molecule has 0 radical (unpaired) electrons. The lowest BCUT2D eigenvalue weighted by atomic mass is 10.2. The first-order valence-corrected chi connectivity index (χ1v) is 6.21. The molecule has 1 aliphatic rings. The van der Waals surface area contributed by atoms with Crippen LogP contribution in [0.5, 0.6) is 0 Å². The van der Waals surface area contributed by atoms with Gasteiger partial charge in [-0.2, -0.15) is 11.8 Å². The summed E-state index contributed by atoms with van der Waals surface area (Å²) in [6.07, 6.45) is 6.38. The zero-order valence-electron chi connectivity index (χ0n) is 8.69. The zero-order chi connectivity index (χ0) is 9.64. The molecule has 15 heavy (non-hydrogen) atoms. The first-order valence-electron chi connectivity index (χ1n) is 5.16. The van der Waals surface area contributed by atoms with Crippen molar-refractivity contribution < 1.29 is 0 Å². The molecule has 0 atom stereocenters. The Morgan fingerprint density at radius 2 is 1.93 bits per heavy atom. The molecule has 0 unspecified atom stereocenters. The van der Waals surface area contributed by atoms with Crippen LogP contribution in [-0.4, -0.2) is 23.3 Å². The molecule has 2 rings (SSSR count). The van der Waals surface area contributed by atoms with Gasteiger partial charge in [0, 0.05) is 23.4 Å². The molecule has 1 aliphatic heterocycles. The van der Waals surface area contributed by atoms with Crippen LogP contribution >= 0.6 is 24.2 Å². The van der Waals surface area contributed by atoms with E-state index in [0.29, 0.717) is 0 Å². The van der Waals surface area contributed by atoms with Crippen molar-refractivity contribution in [1.82, 2.24) is 10.3 Å². The molecule has 0 aliphatic carbocycles. The Balaban J connectivity index is 0.00000112. The molecule has 0 bridgehead atoms. The van der Waals surface area contributed by atoms with Crippen molar-refractivity contribution in [2.75, 3.05) is 13.1 Å². The van der Waals surface area contributed by atoms with Gasteiger partial charge in [-0.3, -0.25) is 4.98 Å². The van der Waals surface area contributed by atoms with Gasteiger partial charge < -0.3 is 5.32 Å². The highest BCUT2D eigenvalue weighted by atomic mass is 35.5. The fourth-order valence-corrected chi connectivity index (χ4v) is 2.84. The minimum Gasteiger partial charge on any atom is -0.317 e. The number of nitrogens with zero attached hydrogens (tertiary/aromatic N) is 1. The van der Waals surface area contributed by atoms with Crippen LogP contribution in [0.25, 0.3) is 0 Å². The molecule has 1 aromatic rings. The number of thioether (sulfide) groups is 1. The molecule has 84 valence electrons. The number of nitrogens with one attached hydrogen (secondary N) is 1. The SMILES string of the molecule is Cl.c1cc(CSC2CCNCC2)ccn1. The average molecular weight is 245 g/mol. The molecule has 1 aromatic heterocycles. The zero-order valence-corrected chi connectivity index (χ0v) is 10.3. The van der Waals surface area contributed by atoms with Crippen LogP contribution in [0.1, 0.15) is 18.4 Å². The summed E-state index contributed by atoms with van der Waals surface area (Å²) in [4.78, 5) is 4.02. The third kappa shape index (κ3) is 4.41. The maximum absolute atomic E-state index is 4.02. The van der Waals surface area contributed by atoms with Gasteiger partial charge in [0.05, 0.1) is 0 Å². The van der Waals surface area contributed by atoms with Crippen LogP contribution in [0.4, 0.5) is 0 Å². The summed E-state index contributed by atoms with van der Waals surface area (Å²) in [7, 11) is 0. The minimum absolute atomic E-state index is 0. The van der Waals surface area contributed by atoms with E-state index in [4.69, 9.17) is 0 Å². The van der Waals surface area contributed by atoms with Gasteiger partial charge in [-0.1, -0.05) is 0 Å². The number of pyridine rings is 1. The quantitative estimate of drug-likeness (QED) is 0.885. The van der Waals surface area contributed by atoms with Crippen molar-refractivity contribution in [1.29, 1.82) is 0 Å². The van der Waals surface area contributed by atoms with E-state index in [1.807, 2.05) is 12.4 Å². The Hall–Kier alpha value is -0.250. The molecule has 4 heteroatoms. The predicted octanol–water partition coefficient (Wildman–Crippen LogP) is 2.49. The Morgan fingerprint density at radius 3 is 2.60 bits per heavy atom. The molecule has 0 aromatic carbocycles. The summed E-state index contributed by atoms with van der Waals surface area (Å²) in [6, 6.07) is 4.21. The van der Waals surface area contributed by atoms with E-state index in [1.165, 1.54) is 31.5 Å². The second-order valence-corrected chi connectivity index (χ2v) is 4.90. The Morgan fingerprint density at radius 1 is 1.27 bits per heavy atom. The van der Waals surface area contributed by atoms with Crippen LogP contribution in [-0.2, 0) is 5.75 Å². The van der Waals surface area contributed by atoms with Crippen molar-refractivity contribution in [3.8, 4) is 0 Å². The lowest BCUT2D eigenvalue weighted by molar-refractivity contribution is 0.531. The number of rotatable bonds is 3. The number of aromatic nitrogens is 1. The highest BCUT2D eigenvalue weighted by molar-refractivity contribution is 7.99. The van der Waals surface area contributed by atoms with Crippen molar-refractivity contribution in [2.45, 2.75) is 23.8 Å². The van der Waals surface area contributed by atoms with Gasteiger partial charge >= 0.3 is 0 Å². The smallest absolute Gasteiger partial charge is 0.0270 e. The van der Waals surface area contributed by atoms with Gasteiger partial charge in [0.25, 0.3) is 0 Å². The maximum Gasteiger partial charge on any atom is 0.0270 e. The number of hydrogen-bond acceptors (Lipinski definition) is 3. The van der Waals surface area contributed by atoms with E-state index >= 15 is 0 Å². The summed E-state index contributed by atoms with van der Waals surface area (Å²) in [5.41, 5.74) is 1.39. The Kier molecular flexibility index (Phi) is 6.06. The summed E-state index contributed by atoms with van der Waals surface area (Å²) >= 11 is 2.08. The van der Waals surface area contributed by atoms with Gasteiger partial charge in [-0.15, -0.1) is 12.4 Å². The standard InChI is InChI=1S/C11H16N2S.ClH/c1-5-12-6-2-10(1)9-14-11-3-7-13-8-4-11;/h1-2,5-6,11,13H,3-4,7-9H2;1H. The second-order valence-electron chi connectivity index (χ2n) is 3.62. The first-order chi connectivity index (χ1) is 6.95. The van der Waals surface area contributed by atoms with E-state index in [2.05, 4.69) is 34.2 Å². The third-order valence-electron chi connectivity index (χ3n) is 2.52. The highest BCUT2D eigenvalue weighted by Crippen LogP contribution is 2.23. The first kappa shape index (κ1) is 12.8. The molecule has 2 nitrogen and oxygen atoms in total. The van der Waals surface area contributed by atoms with Crippen molar-refractivity contribution in [2.24, 2.45) is 0 Å². The van der Waals surface area contributed by atoms with E-state index < -0.39 is 0 Å². The lowest BCUT2D eigenvalue weighted by Crippen LogP contribution is -2.29. The van der Waals surface area contributed by atoms with Crippen LogP contribution in [0.2, 0.25) is 0 Å². The van der Waals surface area contributed by atoms with Crippen LogP contribution in [0.15, 0.2) is 24.5 Å². The predicted molar refractivity (Wildman–Crippen MR) is 68.7 cm³/mol. The number of piperidine rings is 1. The summed E-state index contributed by atoms with van der Waals surface area (Å²) in [5, 5.41) is 4.24. The normalized spacial score (nSPS) is 17.1. The Bertz CT molecular complexity index is 263. The van der Waals surface area contributed by atoms with E-state index in [-0.39, 0.29) is 12.4 Å². The summed E-state index contributed by atoms with van der Waals surface area (Å²) < 4.78 is 0. The second kappa shape index (κ2) is 7.09. The molecule has 1 saturated heterocycles. The van der Waals surface area contributed by atoms with Crippen molar-refractivity contribution >= 4 is 24.2 Å². The molecule has 0 spiro atoms. The van der Waals surface area contributed by atoms with Gasteiger partial charge in [-0.25, -0.2) is 0 Å². The van der Waals surface area contributed by atoms with E-state index in [1.54, 1.807) is 0 Å². The number of halogens is 1. The molecule has 1 N–H and O–H groups in total. The molecule has 0 saturated carbocycles. The minimum atomic E-state index is 0. The van der Waals surface area contributed by atoms with E-state index in [0.717, 1.165) is 11.0 Å². The van der Waals surface area contributed by atoms with Gasteiger partial charge in [0.1, 0.15) is 0 Å². The Labute approximate surface area is 102 Å². The fourth-order valence-electron chi connectivity index (χ4n) is 1.66. The van der Waals surface area contributed by atoms with Gasteiger partial charge in [0.15, 0.2) is 0 Å². The third-order valence-corrected chi connectivity index (χ3v) is 3.96. The fraction of sp³-hybridized carbons (Fsp3) is 0.545. The largest absolute Gasteiger partial charge is 0.317 e. The van der Waals surface area contributed by atoms with Crippen molar-refractivity contribution in [3.63, 3.8) is 0 Å². The molecule has 2 heterocycles. The number of hydrogen-bond donors (Lipinski definition) is 1. The summed E-state index contributed by atoms with van der Waals surface area (Å²) in [5.74, 6) is 1.13. The molecule has 1 fully saturated rings. The van der Waals surface area contributed by atoms with E-state index in [9.17, 15) is 0 Å². The van der Waals surface area contributed by atoms with Gasteiger partial charge in [0.2, 0.25) is 0 Å². The van der Waals surface area contributed by atoms with Gasteiger partial charge in [-0.05, 0) is 43.6 Å². The van der Waals surface area contributed by atoms with Crippen LogP contribution in [0, 0.1) is 0 Å². The maximum atomic E-state index is 4.02. The molecular formula is C11H17ClN2S. The van der Waals surface area contributed by atoms with Crippen LogP contribution in [0.3, 0.4) is 0 Å². The van der Waals surface area contributed by atoms with Crippen molar-refractivity contribution in [3.05, 3.63) is 30.1 Å². The molecular weight excluding hydrogens is 228 g/mol.